The second-order valence-corrected chi connectivity index (χ2v) is 6.81. The fourth-order valence-electron chi connectivity index (χ4n) is 3.29. The summed E-state index contributed by atoms with van der Waals surface area (Å²) in [6.45, 7) is 2.25. The van der Waals surface area contributed by atoms with Crippen LogP contribution in [0.4, 0.5) is 0 Å². The molecule has 2 aliphatic carbocycles. The lowest BCUT2D eigenvalue weighted by Crippen LogP contribution is -2.51. The highest BCUT2D eigenvalue weighted by Gasteiger charge is 2.55. The molecule has 0 amide bonds. The van der Waals surface area contributed by atoms with E-state index in [2.05, 4.69) is 6.92 Å². The van der Waals surface area contributed by atoms with Crippen molar-refractivity contribution in [2.45, 2.75) is 56.2 Å². The van der Waals surface area contributed by atoms with Crippen LogP contribution in [0.2, 0.25) is 0 Å². The fourth-order valence-corrected chi connectivity index (χ4v) is 3.95. The van der Waals surface area contributed by atoms with Crippen molar-refractivity contribution in [2.24, 2.45) is 17.8 Å². The maximum atomic E-state index is 11.3. The molecule has 16 heavy (non-hydrogen) atoms. The molecular formula is C13H20Cl2O. The molecule has 3 heteroatoms. The number of halogens is 2. The van der Waals surface area contributed by atoms with E-state index in [9.17, 15) is 4.79 Å². The van der Waals surface area contributed by atoms with Crippen LogP contribution in [0.3, 0.4) is 0 Å². The summed E-state index contributed by atoms with van der Waals surface area (Å²) < 4.78 is -1.05. The van der Waals surface area contributed by atoms with E-state index in [0.717, 1.165) is 5.92 Å². The van der Waals surface area contributed by atoms with Gasteiger partial charge < -0.3 is 0 Å². The number of hydrogen-bond donors (Lipinski definition) is 0. The van der Waals surface area contributed by atoms with Crippen molar-refractivity contribution in [2.75, 3.05) is 0 Å². The van der Waals surface area contributed by atoms with Crippen LogP contribution >= 0.6 is 23.2 Å². The maximum absolute atomic E-state index is 11.3. The Bertz CT molecular complexity index is 267. The Kier molecular flexibility index (Phi) is 3.86. The molecule has 0 saturated heterocycles. The van der Waals surface area contributed by atoms with Crippen molar-refractivity contribution in [3.63, 3.8) is 0 Å². The molecule has 0 aliphatic heterocycles. The highest BCUT2D eigenvalue weighted by molar-refractivity contribution is 6.60. The predicted molar refractivity (Wildman–Crippen MR) is 67.9 cm³/mol. The van der Waals surface area contributed by atoms with Crippen LogP contribution in [-0.4, -0.2) is 10.1 Å². The maximum Gasteiger partial charge on any atom is 0.179 e. The van der Waals surface area contributed by atoms with E-state index in [0.29, 0.717) is 12.3 Å². The van der Waals surface area contributed by atoms with E-state index in [4.69, 9.17) is 23.2 Å². The minimum atomic E-state index is -1.05. The van der Waals surface area contributed by atoms with Gasteiger partial charge in [0.1, 0.15) is 0 Å². The second kappa shape index (κ2) is 4.86. The summed E-state index contributed by atoms with van der Waals surface area (Å²) in [4.78, 5) is 11.3. The summed E-state index contributed by atoms with van der Waals surface area (Å²) in [6.07, 6.45) is 8.26. The zero-order chi connectivity index (χ0) is 11.8. The zero-order valence-electron chi connectivity index (χ0n) is 9.85. The third-order valence-electron chi connectivity index (χ3n) is 4.40. The summed E-state index contributed by atoms with van der Waals surface area (Å²) >= 11 is 12.1. The molecule has 2 aliphatic rings. The number of rotatable bonds is 3. The topological polar surface area (TPSA) is 17.1 Å². The Balaban J connectivity index is 1.84. The van der Waals surface area contributed by atoms with Gasteiger partial charge in [0.25, 0.3) is 0 Å². The summed E-state index contributed by atoms with van der Waals surface area (Å²) in [7, 11) is 0. The molecule has 0 aromatic rings. The molecule has 0 spiro atoms. The molecule has 0 bridgehead atoms. The van der Waals surface area contributed by atoms with Crippen LogP contribution in [-0.2, 0) is 4.79 Å². The summed E-state index contributed by atoms with van der Waals surface area (Å²) in [5, 5.41) is 0. The Labute approximate surface area is 108 Å². The van der Waals surface area contributed by atoms with Crippen LogP contribution < -0.4 is 0 Å². The van der Waals surface area contributed by atoms with Gasteiger partial charge in [0.15, 0.2) is 10.1 Å². The van der Waals surface area contributed by atoms with Gasteiger partial charge in [0, 0.05) is 12.3 Å². The van der Waals surface area contributed by atoms with Gasteiger partial charge in [-0.1, -0.05) is 55.8 Å². The molecule has 1 unspecified atom stereocenters. The van der Waals surface area contributed by atoms with Gasteiger partial charge in [-0.3, -0.25) is 4.79 Å². The van der Waals surface area contributed by atoms with Crippen LogP contribution in [0.5, 0.6) is 0 Å². The lowest BCUT2D eigenvalue weighted by molar-refractivity contribution is -0.130. The molecule has 0 aromatic heterocycles. The van der Waals surface area contributed by atoms with E-state index in [1.807, 2.05) is 0 Å². The number of ketones is 1. The highest BCUT2D eigenvalue weighted by atomic mass is 35.5. The molecule has 1 nitrogen and oxygen atoms in total. The van der Waals surface area contributed by atoms with Crippen molar-refractivity contribution >= 4 is 29.0 Å². The third kappa shape index (κ3) is 2.26. The Morgan fingerprint density at radius 1 is 1.25 bits per heavy atom. The minimum Gasteiger partial charge on any atom is -0.296 e. The van der Waals surface area contributed by atoms with Gasteiger partial charge in [-0.25, -0.2) is 0 Å². The van der Waals surface area contributed by atoms with E-state index >= 15 is 0 Å². The Morgan fingerprint density at radius 3 is 2.31 bits per heavy atom. The van der Waals surface area contributed by atoms with Gasteiger partial charge in [-0.15, -0.1) is 0 Å². The van der Waals surface area contributed by atoms with Gasteiger partial charge in [0.2, 0.25) is 0 Å². The van der Waals surface area contributed by atoms with Crippen molar-refractivity contribution in [1.29, 1.82) is 0 Å². The molecule has 2 rings (SSSR count). The first-order valence-electron chi connectivity index (χ1n) is 6.46. The van der Waals surface area contributed by atoms with E-state index in [-0.39, 0.29) is 11.7 Å². The molecule has 2 fully saturated rings. The second-order valence-electron chi connectivity index (χ2n) is 5.43. The van der Waals surface area contributed by atoms with E-state index in [1.165, 1.54) is 38.5 Å². The molecule has 2 saturated carbocycles. The molecule has 0 radical (unpaired) electrons. The lowest BCUT2D eigenvalue weighted by atomic mass is 9.66. The number of alkyl halides is 2. The SMILES string of the molecule is CCCC1CCC(C2CC(=O)C2(Cl)Cl)CC1. The molecule has 0 N–H and O–H groups in total. The molecule has 0 heterocycles. The zero-order valence-corrected chi connectivity index (χ0v) is 11.4. The number of carbonyl (C=O) groups excluding carboxylic acids is 1. The third-order valence-corrected chi connectivity index (χ3v) is 5.38. The molecule has 92 valence electrons. The smallest absolute Gasteiger partial charge is 0.179 e. The minimum absolute atomic E-state index is 0.0246. The van der Waals surface area contributed by atoms with Gasteiger partial charge in [-0.2, -0.15) is 0 Å². The van der Waals surface area contributed by atoms with Crippen molar-refractivity contribution < 1.29 is 4.79 Å². The summed E-state index contributed by atoms with van der Waals surface area (Å²) in [5.41, 5.74) is 0. The van der Waals surface area contributed by atoms with Crippen molar-refractivity contribution in [3.05, 3.63) is 0 Å². The van der Waals surface area contributed by atoms with Crippen molar-refractivity contribution in [3.8, 4) is 0 Å². The van der Waals surface area contributed by atoms with Crippen LogP contribution in [0, 0.1) is 17.8 Å². The lowest BCUT2D eigenvalue weighted by Gasteiger charge is -2.45. The quantitative estimate of drug-likeness (QED) is 0.691. The number of hydrogen-bond acceptors (Lipinski definition) is 1. The standard InChI is InChI=1S/C13H20Cl2O/c1-2-3-9-4-6-10(7-5-9)11-8-12(16)13(11,14)15/h9-11H,2-8H2,1H3. The summed E-state index contributed by atoms with van der Waals surface area (Å²) in [5.74, 6) is 1.74. The van der Waals surface area contributed by atoms with Crippen LogP contribution in [0.1, 0.15) is 51.9 Å². The molecule has 1 atom stereocenters. The van der Waals surface area contributed by atoms with Crippen LogP contribution in [0.25, 0.3) is 0 Å². The average molecular weight is 263 g/mol. The van der Waals surface area contributed by atoms with Gasteiger partial charge in [0.05, 0.1) is 0 Å². The van der Waals surface area contributed by atoms with Gasteiger partial charge in [-0.05, 0) is 24.7 Å². The monoisotopic (exact) mass is 262 g/mol. The number of carbonyl (C=O) groups is 1. The molecule has 0 aromatic carbocycles. The predicted octanol–water partition coefficient (Wildman–Crippen LogP) is 4.36. The van der Waals surface area contributed by atoms with E-state index in [1.54, 1.807) is 0 Å². The van der Waals surface area contributed by atoms with E-state index < -0.39 is 4.33 Å². The normalized spacial score (nSPS) is 38.2. The fraction of sp³-hybridized carbons (Fsp3) is 0.923. The van der Waals surface area contributed by atoms with Crippen molar-refractivity contribution in [1.82, 2.24) is 0 Å². The first kappa shape index (κ1) is 12.7. The summed E-state index contributed by atoms with van der Waals surface area (Å²) in [6, 6.07) is 0. The Morgan fingerprint density at radius 2 is 1.88 bits per heavy atom. The largest absolute Gasteiger partial charge is 0.296 e. The molecular weight excluding hydrogens is 243 g/mol. The van der Waals surface area contributed by atoms with Gasteiger partial charge >= 0.3 is 0 Å². The highest BCUT2D eigenvalue weighted by Crippen LogP contribution is 2.52. The first-order chi connectivity index (χ1) is 7.55. The first-order valence-corrected chi connectivity index (χ1v) is 7.22. The average Bonchev–Trinajstić information content (AvgIpc) is 2.28. The van der Waals surface area contributed by atoms with Crippen LogP contribution in [0.15, 0.2) is 0 Å². The number of Topliss-reactive ketones (excluding diaryl/α,β-unsaturated/α-hetero) is 1. The Hall–Kier alpha value is 0.250.